The molecule has 1 saturated carbocycles. The monoisotopic (exact) mass is 114 g/mol. The Labute approximate surface area is 50.7 Å². The van der Waals surface area contributed by atoms with E-state index in [1.165, 1.54) is 19.3 Å². The molecule has 1 heteroatoms. The Morgan fingerprint density at radius 1 is 1.50 bits per heavy atom. The first-order valence-corrected chi connectivity index (χ1v) is 3.43. The second-order valence-corrected chi connectivity index (χ2v) is 2.97. The van der Waals surface area contributed by atoms with Gasteiger partial charge in [-0.25, -0.2) is 0 Å². The molecule has 0 bridgehead atoms. The minimum atomic E-state index is 0.407. The van der Waals surface area contributed by atoms with E-state index in [9.17, 15) is 0 Å². The highest BCUT2D eigenvalue weighted by molar-refractivity contribution is 4.71. The van der Waals surface area contributed by atoms with E-state index in [0.717, 1.165) is 5.92 Å². The molecule has 1 aliphatic rings. The van der Waals surface area contributed by atoms with E-state index < -0.39 is 0 Å². The smallest absolute Gasteiger partial charge is 0.0459 e. The zero-order valence-corrected chi connectivity index (χ0v) is 5.43. The Hall–Kier alpha value is -0.0400. The fourth-order valence-corrected chi connectivity index (χ4v) is 1.49. The molecule has 1 nitrogen and oxygen atoms in total. The van der Waals surface area contributed by atoms with Gasteiger partial charge in [-0.15, -0.1) is 0 Å². The van der Waals surface area contributed by atoms with Gasteiger partial charge in [0.05, 0.1) is 0 Å². The zero-order valence-electron chi connectivity index (χ0n) is 5.43. The fraction of sp³-hybridized carbons (Fsp3) is 1.00. The van der Waals surface area contributed by atoms with Crippen LogP contribution in [0.15, 0.2) is 0 Å². The largest absolute Gasteiger partial charge is 0.396 e. The van der Waals surface area contributed by atoms with Gasteiger partial charge in [-0.05, 0) is 24.7 Å². The molecule has 0 heterocycles. The van der Waals surface area contributed by atoms with Crippen LogP contribution in [0, 0.1) is 11.8 Å². The normalized spacial score (nSPS) is 38.2. The minimum Gasteiger partial charge on any atom is -0.396 e. The second-order valence-electron chi connectivity index (χ2n) is 2.97. The lowest BCUT2D eigenvalue weighted by Gasteiger charge is -2.01. The lowest BCUT2D eigenvalue weighted by atomic mass is 10.1. The summed E-state index contributed by atoms with van der Waals surface area (Å²) in [5.74, 6) is 1.50. The van der Waals surface area contributed by atoms with Gasteiger partial charge in [-0.3, -0.25) is 0 Å². The average Bonchev–Trinajstić information content (AvgIpc) is 2.14. The van der Waals surface area contributed by atoms with E-state index in [4.69, 9.17) is 5.11 Å². The summed E-state index contributed by atoms with van der Waals surface area (Å²) < 4.78 is 0. The second kappa shape index (κ2) is 2.49. The first-order valence-electron chi connectivity index (χ1n) is 3.43. The highest BCUT2D eigenvalue weighted by atomic mass is 16.3. The summed E-state index contributed by atoms with van der Waals surface area (Å²) in [6.07, 6.45) is 3.82. The Bertz CT molecular complexity index is 70.8. The third-order valence-corrected chi connectivity index (χ3v) is 2.06. The summed E-state index contributed by atoms with van der Waals surface area (Å²) in [6.45, 7) is 2.67. The Balaban J connectivity index is 2.22. The van der Waals surface area contributed by atoms with Crippen LogP contribution in [0.2, 0.25) is 0 Å². The zero-order chi connectivity index (χ0) is 5.98. The Kier molecular flexibility index (Phi) is 1.90. The topological polar surface area (TPSA) is 20.2 Å². The maximum Gasteiger partial charge on any atom is 0.0459 e. The number of rotatable bonds is 1. The summed E-state index contributed by atoms with van der Waals surface area (Å²) in [6, 6.07) is 0. The van der Waals surface area contributed by atoms with Crippen LogP contribution >= 0.6 is 0 Å². The van der Waals surface area contributed by atoms with Crippen LogP contribution in [0.1, 0.15) is 26.2 Å². The summed E-state index contributed by atoms with van der Waals surface area (Å²) in [5, 5.41) is 8.68. The van der Waals surface area contributed by atoms with Crippen molar-refractivity contribution in [3.05, 3.63) is 0 Å². The van der Waals surface area contributed by atoms with E-state index in [2.05, 4.69) is 6.92 Å². The molecular formula is C7H14O. The molecule has 0 radical (unpaired) electrons. The van der Waals surface area contributed by atoms with Gasteiger partial charge in [-0.1, -0.05) is 13.3 Å². The molecule has 0 aliphatic heterocycles. The highest BCUT2D eigenvalue weighted by Crippen LogP contribution is 2.29. The molecule has 0 aromatic rings. The number of hydrogen-bond donors (Lipinski definition) is 1. The standard InChI is InChI=1S/C7H14O/c1-6-2-3-7(4-6)5-8/h6-8H,2-5H2,1H3/t6-,7?/m1/s1. The van der Waals surface area contributed by atoms with E-state index in [-0.39, 0.29) is 0 Å². The summed E-state index contributed by atoms with van der Waals surface area (Å²) in [7, 11) is 0. The van der Waals surface area contributed by atoms with Crippen LogP contribution in [0.4, 0.5) is 0 Å². The van der Waals surface area contributed by atoms with Crippen molar-refractivity contribution in [2.24, 2.45) is 11.8 Å². The van der Waals surface area contributed by atoms with Crippen molar-refractivity contribution in [3.63, 3.8) is 0 Å². The van der Waals surface area contributed by atoms with Crippen molar-refractivity contribution in [2.45, 2.75) is 26.2 Å². The molecule has 1 rings (SSSR count). The van der Waals surface area contributed by atoms with Gasteiger partial charge in [0.15, 0.2) is 0 Å². The number of hydrogen-bond acceptors (Lipinski definition) is 1. The van der Waals surface area contributed by atoms with Gasteiger partial charge >= 0.3 is 0 Å². The van der Waals surface area contributed by atoms with Gasteiger partial charge in [0.2, 0.25) is 0 Å². The van der Waals surface area contributed by atoms with E-state index in [0.29, 0.717) is 12.5 Å². The molecule has 0 aromatic carbocycles. The average molecular weight is 114 g/mol. The molecule has 1 unspecified atom stereocenters. The lowest BCUT2D eigenvalue weighted by Crippen LogP contribution is -1.99. The first-order chi connectivity index (χ1) is 3.83. The van der Waals surface area contributed by atoms with Crippen LogP contribution in [-0.2, 0) is 0 Å². The van der Waals surface area contributed by atoms with Gasteiger partial charge in [0.1, 0.15) is 0 Å². The predicted molar refractivity (Wildman–Crippen MR) is 33.6 cm³/mol. The SMILES string of the molecule is C[C@@H]1CCC(CO)C1. The Morgan fingerprint density at radius 2 is 2.25 bits per heavy atom. The van der Waals surface area contributed by atoms with Crippen molar-refractivity contribution >= 4 is 0 Å². The van der Waals surface area contributed by atoms with E-state index in [1.54, 1.807) is 0 Å². The molecule has 0 saturated heterocycles. The summed E-state index contributed by atoms with van der Waals surface area (Å²) in [4.78, 5) is 0. The third-order valence-electron chi connectivity index (χ3n) is 2.06. The Morgan fingerprint density at radius 3 is 2.50 bits per heavy atom. The van der Waals surface area contributed by atoms with Crippen molar-refractivity contribution in [1.29, 1.82) is 0 Å². The molecule has 0 spiro atoms. The summed E-state index contributed by atoms with van der Waals surface area (Å²) in [5.41, 5.74) is 0. The number of aliphatic hydroxyl groups excluding tert-OH is 1. The molecular weight excluding hydrogens is 100 g/mol. The van der Waals surface area contributed by atoms with Crippen molar-refractivity contribution < 1.29 is 5.11 Å². The van der Waals surface area contributed by atoms with Crippen LogP contribution in [-0.4, -0.2) is 11.7 Å². The predicted octanol–water partition coefficient (Wildman–Crippen LogP) is 1.41. The lowest BCUT2D eigenvalue weighted by molar-refractivity contribution is 0.227. The highest BCUT2D eigenvalue weighted by Gasteiger charge is 2.19. The minimum absolute atomic E-state index is 0.407. The van der Waals surface area contributed by atoms with Crippen LogP contribution < -0.4 is 0 Å². The van der Waals surface area contributed by atoms with Crippen LogP contribution in [0.25, 0.3) is 0 Å². The molecule has 2 atom stereocenters. The van der Waals surface area contributed by atoms with Crippen LogP contribution in [0.3, 0.4) is 0 Å². The van der Waals surface area contributed by atoms with Crippen molar-refractivity contribution in [1.82, 2.24) is 0 Å². The number of aliphatic hydroxyl groups is 1. The molecule has 1 N–H and O–H groups in total. The van der Waals surface area contributed by atoms with Crippen LogP contribution in [0.5, 0.6) is 0 Å². The quantitative estimate of drug-likeness (QED) is 0.546. The molecule has 48 valence electrons. The van der Waals surface area contributed by atoms with Gasteiger partial charge in [-0.2, -0.15) is 0 Å². The summed E-state index contributed by atoms with van der Waals surface area (Å²) >= 11 is 0. The third kappa shape index (κ3) is 1.22. The molecule has 1 aliphatic carbocycles. The van der Waals surface area contributed by atoms with E-state index in [1.807, 2.05) is 0 Å². The molecule has 0 amide bonds. The van der Waals surface area contributed by atoms with Crippen molar-refractivity contribution in [3.8, 4) is 0 Å². The van der Waals surface area contributed by atoms with Gasteiger partial charge < -0.3 is 5.11 Å². The van der Waals surface area contributed by atoms with E-state index >= 15 is 0 Å². The maximum absolute atomic E-state index is 8.68. The molecule has 8 heavy (non-hydrogen) atoms. The fourth-order valence-electron chi connectivity index (χ4n) is 1.49. The maximum atomic E-state index is 8.68. The van der Waals surface area contributed by atoms with Crippen molar-refractivity contribution in [2.75, 3.05) is 6.61 Å². The van der Waals surface area contributed by atoms with Gasteiger partial charge in [0, 0.05) is 6.61 Å². The molecule has 1 fully saturated rings. The first kappa shape index (κ1) is 6.09. The van der Waals surface area contributed by atoms with Gasteiger partial charge in [0.25, 0.3) is 0 Å². The molecule has 0 aromatic heterocycles.